The van der Waals surface area contributed by atoms with E-state index in [9.17, 15) is 8.78 Å². The van der Waals surface area contributed by atoms with E-state index >= 15 is 0 Å². The maximum absolute atomic E-state index is 12.7. The fourth-order valence-corrected chi connectivity index (χ4v) is 1.95. The van der Waals surface area contributed by atoms with Gasteiger partial charge in [-0.25, -0.2) is 18.7 Å². The number of aromatic nitrogens is 2. The lowest BCUT2D eigenvalue weighted by Gasteiger charge is -2.05. The highest BCUT2D eigenvalue weighted by molar-refractivity contribution is 7.99. The van der Waals surface area contributed by atoms with E-state index in [0.29, 0.717) is 23.8 Å². The molecule has 0 saturated heterocycles. The number of nitrogens with two attached hydrogens (primary N) is 1. The number of halogens is 2. The van der Waals surface area contributed by atoms with Gasteiger partial charge >= 0.3 is 0 Å². The third-order valence-corrected chi connectivity index (χ3v) is 2.95. The van der Waals surface area contributed by atoms with E-state index in [1.54, 1.807) is 12.1 Å². The number of rotatable bonds is 5. The van der Waals surface area contributed by atoms with Crippen molar-refractivity contribution in [3.05, 3.63) is 30.2 Å². The minimum atomic E-state index is -2.64. The molecule has 2 aromatic rings. The van der Waals surface area contributed by atoms with Crippen LogP contribution in [0.1, 0.15) is 12.1 Å². The number of furan rings is 1. The Morgan fingerprint density at radius 3 is 2.83 bits per heavy atom. The molecule has 4 nitrogen and oxygen atoms in total. The normalized spacial score (nSPS) is 11.1. The molecular formula is C11H11F2N3OS. The van der Waals surface area contributed by atoms with Gasteiger partial charge in [0.05, 0.1) is 6.26 Å². The number of thioether (sulfide) groups is 1. The molecule has 0 fully saturated rings. The maximum Gasteiger partial charge on any atom is 0.280 e. The van der Waals surface area contributed by atoms with Crippen LogP contribution in [0.15, 0.2) is 34.0 Å². The summed E-state index contributed by atoms with van der Waals surface area (Å²) in [6, 6.07) is 4.57. The smallest absolute Gasteiger partial charge is 0.280 e. The number of nitrogens with zero attached hydrogens (tertiary/aromatic N) is 2. The summed E-state index contributed by atoms with van der Waals surface area (Å²) in [7, 11) is 0. The van der Waals surface area contributed by atoms with E-state index in [1.165, 1.54) is 24.1 Å². The summed E-state index contributed by atoms with van der Waals surface area (Å²) in [5.41, 5.74) is 5.41. The zero-order valence-corrected chi connectivity index (χ0v) is 10.2. The van der Waals surface area contributed by atoms with Crippen LogP contribution in [-0.2, 0) is 0 Å². The van der Waals surface area contributed by atoms with Crippen molar-refractivity contribution in [2.75, 3.05) is 12.3 Å². The molecule has 0 atom stereocenters. The molecule has 0 unspecified atom stereocenters. The van der Waals surface area contributed by atoms with Crippen molar-refractivity contribution in [1.82, 2.24) is 9.97 Å². The standard InChI is InChI=1S/C11H11F2N3OS/c12-10(13)8-6-7(9-2-1-4-17-9)15-11(16-8)18-5-3-14/h1-2,4,6,10H,3,5,14H2. The van der Waals surface area contributed by atoms with E-state index in [4.69, 9.17) is 10.2 Å². The Bertz CT molecular complexity index is 505. The fourth-order valence-electron chi connectivity index (χ4n) is 1.32. The molecule has 7 heteroatoms. The highest BCUT2D eigenvalue weighted by atomic mass is 32.2. The first-order valence-electron chi connectivity index (χ1n) is 5.24. The average molecular weight is 271 g/mol. The van der Waals surface area contributed by atoms with E-state index in [2.05, 4.69) is 9.97 Å². The van der Waals surface area contributed by atoms with Crippen molar-refractivity contribution in [2.45, 2.75) is 11.6 Å². The topological polar surface area (TPSA) is 64.9 Å². The van der Waals surface area contributed by atoms with Gasteiger partial charge in [-0.1, -0.05) is 11.8 Å². The molecule has 2 heterocycles. The van der Waals surface area contributed by atoms with Crippen molar-refractivity contribution in [3.8, 4) is 11.5 Å². The van der Waals surface area contributed by atoms with E-state index < -0.39 is 6.43 Å². The van der Waals surface area contributed by atoms with Crippen molar-refractivity contribution in [1.29, 1.82) is 0 Å². The molecule has 0 aromatic carbocycles. The Morgan fingerprint density at radius 2 is 2.22 bits per heavy atom. The number of alkyl halides is 2. The number of hydrogen-bond acceptors (Lipinski definition) is 5. The van der Waals surface area contributed by atoms with Crippen molar-refractivity contribution in [2.24, 2.45) is 5.73 Å². The van der Waals surface area contributed by atoms with Gasteiger partial charge in [0.1, 0.15) is 11.4 Å². The maximum atomic E-state index is 12.7. The van der Waals surface area contributed by atoms with Gasteiger partial charge in [-0.15, -0.1) is 0 Å². The predicted molar refractivity (Wildman–Crippen MR) is 64.5 cm³/mol. The first-order valence-corrected chi connectivity index (χ1v) is 6.23. The van der Waals surface area contributed by atoms with Crippen LogP contribution in [0.25, 0.3) is 11.5 Å². The van der Waals surface area contributed by atoms with Crippen molar-refractivity contribution in [3.63, 3.8) is 0 Å². The molecule has 0 aliphatic carbocycles. The molecule has 0 amide bonds. The molecule has 2 aromatic heterocycles. The van der Waals surface area contributed by atoms with Gasteiger partial charge in [0, 0.05) is 12.3 Å². The monoisotopic (exact) mass is 271 g/mol. The third-order valence-electron chi connectivity index (χ3n) is 2.07. The van der Waals surface area contributed by atoms with Crippen molar-refractivity contribution < 1.29 is 13.2 Å². The zero-order valence-electron chi connectivity index (χ0n) is 9.35. The molecular weight excluding hydrogens is 260 g/mol. The largest absolute Gasteiger partial charge is 0.463 e. The van der Waals surface area contributed by atoms with Gasteiger partial charge in [-0.3, -0.25) is 0 Å². The average Bonchev–Trinajstić information content (AvgIpc) is 2.89. The first-order chi connectivity index (χ1) is 8.70. The Balaban J connectivity index is 2.36. The Labute approximate surface area is 107 Å². The van der Waals surface area contributed by atoms with Gasteiger partial charge in [0.15, 0.2) is 10.9 Å². The zero-order chi connectivity index (χ0) is 13.0. The molecule has 0 saturated carbocycles. The molecule has 96 valence electrons. The Hall–Kier alpha value is -1.47. The fraction of sp³-hybridized carbons (Fsp3) is 0.273. The molecule has 18 heavy (non-hydrogen) atoms. The molecule has 0 aliphatic rings. The number of hydrogen-bond donors (Lipinski definition) is 1. The minimum Gasteiger partial charge on any atom is -0.463 e. The van der Waals surface area contributed by atoms with E-state index in [0.717, 1.165) is 0 Å². The molecule has 0 radical (unpaired) electrons. The molecule has 0 aliphatic heterocycles. The van der Waals surface area contributed by atoms with Crippen LogP contribution in [-0.4, -0.2) is 22.3 Å². The lowest BCUT2D eigenvalue weighted by molar-refractivity contribution is 0.145. The molecule has 2 N–H and O–H groups in total. The van der Waals surface area contributed by atoms with Crippen molar-refractivity contribution >= 4 is 11.8 Å². The van der Waals surface area contributed by atoms with Gasteiger partial charge in [-0.2, -0.15) is 0 Å². The highest BCUT2D eigenvalue weighted by Gasteiger charge is 2.15. The van der Waals surface area contributed by atoms with Gasteiger partial charge in [0.2, 0.25) is 0 Å². The van der Waals surface area contributed by atoms with Crippen LogP contribution in [0.5, 0.6) is 0 Å². The summed E-state index contributed by atoms with van der Waals surface area (Å²) in [6.07, 6.45) is -1.18. The van der Waals surface area contributed by atoms with Crippen LogP contribution >= 0.6 is 11.8 Å². The van der Waals surface area contributed by atoms with E-state index in [1.807, 2.05) is 0 Å². The SMILES string of the molecule is NCCSc1nc(-c2ccco2)cc(C(F)F)n1. The predicted octanol–water partition coefficient (Wildman–Crippen LogP) is 2.73. The highest BCUT2D eigenvalue weighted by Crippen LogP contribution is 2.26. The van der Waals surface area contributed by atoms with Crippen LogP contribution in [0, 0.1) is 0 Å². The van der Waals surface area contributed by atoms with Crippen LogP contribution in [0.2, 0.25) is 0 Å². The summed E-state index contributed by atoms with van der Waals surface area (Å²) in [4.78, 5) is 7.95. The van der Waals surface area contributed by atoms with E-state index in [-0.39, 0.29) is 10.9 Å². The molecule has 0 bridgehead atoms. The second kappa shape index (κ2) is 5.92. The minimum absolute atomic E-state index is 0.282. The lowest BCUT2D eigenvalue weighted by Crippen LogP contribution is -2.03. The van der Waals surface area contributed by atoms with Crippen LogP contribution in [0.4, 0.5) is 8.78 Å². The molecule has 0 spiro atoms. The van der Waals surface area contributed by atoms with Gasteiger partial charge < -0.3 is 10.2 Å². The second-order valence-electron chi connectivity index (χ2n) is 3.38. The Morgan fingerprint density at radius 1 is 1.39 bits per heavy atom. The van der Waals surface area contributed by atoms with Crippen LogP contribution in [0.3, 0.4) is 0 Å². The third kappa shape index (κ3) is 3.05. The first kappa shape index (κ1) is 13.0. The summed E-state index contributed by atoms with van der Waals surface area (Å²) < 4.78 is 30.6. The Kier molecular flexibility index (Phi) is 4.27. The summed E-state index contributed by atoms with van der Waals surface area (Å²) in [6.45, 7) is 0.434. The quantitative estimate of drug-likeness (QED) is 0.669. The van der Waals surface area contributed by atoms with Crippen LogP contribution < -0.4 is 5.73 Å². The second-order valence-corrected chi connectivity index (χ2v) is 4.44. The molecule has 2 rings (SSSR count). The van der Waals surface area contributed by atoms with Gasteiger partial charge in [-0.05, 0) is 18.2 Å². The van der Waals surface area contributed by atoms with Gasteiger partial charge in [0.25, 0.3) is 6.43 Å². The summed E-state index contributed by atoms with van der Waals surface area (Å²) >= 11 is 1.24. The summed E-state index contributed by atoms with van der Waals surface area (Å²) in [5, 5.41) is 0.282. The lowest BCUT2D eigenvalue weighted by atomic mass is 10.3. The summed E-state index contributed by atoms with van der Waals surface area (Å²) in [5.74, 6) is 1.01.